The maximum absolute atomic E-state index is 12.7. The van der Waals surface area contributed by atoms with E-state index in [9.17, 15) is 4.39 Å². The van der Waals surface area contributed by atoms with E-state index in [1.165, 1.54) is 0 Å². The van der Waals surface area contributed by atoms with E-state index in [4.69, 9.17) is 5.73 Å². The van der Waals surface area contributed by atoms with Crippen LogP contribution in [0.4, 0.5) is 4.39 Å². The van der Waals surface area contributed by atoms with E-state index in [2.05, 4.69) is 4.98 Å². The maximum Gasteiger partial charge on any atom is 0.137 e. The highest BCUT2D eigenvalue weighted by molar-refractivity contribution is 5.13. The molecule has 1 heterocycles. The Bertz CT molecular complexity index is 188. The van der Waals surface area contributed by atoms with Crippen molar-refractivity contribution in [2.24, 2.45) is 5.73 Å². The van der Waals surface area contributed by atoms with Crippen LogP contribution < -0.4 is 5.73 Å². The van der Waals surface area contributed by atoms with Crippen LogP contribution >= 0.6 is 0 Å². The second-order valence-corrected chi connectivity index (χ2v) is 1.98. The van der Waals surface area contributed by atoms with Crippen LogP contribution in [0.3, 0.4) is 0 Å². The minimum Gasteiger partial charge on any atom is -0.327 e. The summed E-state index contributed by atoms with van der Waals surface area (Å²) >= 11 is 0. The van der Waals surface area contributed by atoms with Crippen LogP contribution in [0.2, 0.25) is 0 Å². The molecule has 10 heavy (non-hydrogen) atoms. The van der Waals surface area contributed by atoms with Crippen molar-refractivity contribution < 1.29 is 4.39 Å². The van der Waals surface area contributed by atoms with Gasteiger partial charge in [-0.1, -0.05) is 0 Å². The summed E-state index contributed by atoms with van der Waals surface area (Å²) in [6.45, 7) is 0.0318. The Labute approximate surface area is 58.9 Å². The smallest absolute Gasteiger partial charge is 0.137 e. The van der Waals surface area contributed by atoms with Gasteiger partial charge in [-0.2, -0.15) is 0 Å². The Kier molecular flexibility index (Phi) is 2.34. The lowest BCUT2D eigenvalue weighted by atomic mass is 10.2. The van der Waals surface area contributed by atoms with Gasteiger partial charge in [0.05, 0.1) is 0 Å². The number of halogens is 1. The summed E-state index contributed by atoms with van der Waals surface area (Å²) in [5.41, 5.74) is 5.70. The van der Waals surface area contributed by atoms with Crippen molar-refractivity contribution in [3.63, 3.8) is 0 Å². The standard InChI is InChI=1S/C7H9FN2/c8-7(5-9)6-1-3-10-4-2-6/h1-4,7H,5,9H2/t7-/m0/s1. The number of rotatable bonds is 2. The van der Waals surface area contributed by atoms with Gasteiger partial charge in [-0.25, -0.2) is 4.39 Å². The molecule has 0 amide bonds. The lowest BCUT2D eigenvalue weighted by Crippen LogP contribution is -2.07. The molecule has 0 unspecified atom stereocenters. The van der Waals surface area contributed by atoms with Gasteiger partial charge < -0.3 is 5.73 Å². The average molecular weight is 140 g/mol. The number of hydrogen-bond donors (Lipinski definition) is 1. The summed E-state index contributed by atoms with van der Waals surface area (Å²) in [5, 5.41) is 0. The van der Waals surface area contributed by atoms with Gasteiger partial charge in [0.1, 0.15) is 6.17 Å². The van der Waals surface area contributed by atoms with Gasteiger partial charge in [-0.05, 0) is 17.7 Å². The van der Waals surface area contributed by atoms with E-state index in [0.29, 0.717) is 5.56 Å². The molecule has 3 heteroatoms. The monoisotopic (exact) mass is 140 g/mol. The number of nitrogens with two attached hydrogens (primary N) is 1. The van der Waals surface area contributed by atoms with E-state index in [0.717, 1.165) is 0 Å². The quantitative estimate of drug-likeness (QED) is 0.666. The zero-order valence-corrected chi connectivity index (χ0v) is 5.50. The number of pyridine rings is 1. The van der Waals surface area contributed by atoms with Gasteiger partial charge in [0.25, 0.3) is 0 Å². The largest absolute Gasteiger partial charge is 0.327 e. The summed E-state index contributed by atoms with van der Waals surface area (Å²) in [4.78, 5) is 3.75. The lowest BCUT2D eigenvalue weighted by Gasteiger charge is -2.02. The molecule has 2 nitrogen and oxygen atoms in total. The molecule has 1 atom stereocenters. The zero-order chi connectivity index (χ0) is 7.40. The van der Waals surface area contributed by atoms with Crippen molar-refractivity contribution in [2.75, 3.05) is 6.54 Å². The lowest BCUT2D eigenvalue weighted by molar-refractivity contribution is 0.352. The van der Waals surface area contributed by atoms with E-state index < -0.39 is 6.17 Å². The highest BCUT2D eigenvalue weighted by atomic mass is 19.1. The minimum atomic E-state index is -1.05. The van der Waals surface area contributed by atoms with Gasteiger partial charge >= 0.3 is 0 Å². The number of hydrogen-bond acceptors (Lipinski definition) is 2. The third kappa shape index (κ3) is 1.51. The minimum absolute atomic E-state index is 0.0318. The Morgan fingerprint density at radius 1 is 1.50 bits per heavy atom. The first-order valence-corrected chi connectivity index (χ1v) is 3.08. The van der Waals surface area contributed by atoms with E-state index in [-0.39, 0.29) is 6.54 Å². The van der Waals surface area contributed by atoms with Gasteiger partial charge in [-0.15, -0.1) is 0 Å². The van der Waals surface area contributed by atoms with E-state index >= 15 is 0 Å². The molecule has 0 aromatic carbocycles. The SMILES string of the molecule is NC[C@H](F)c1ccncc1. The van der Waals surface area contributed by atoms with Crippen LogP contribution in [-0.2, 0) is 0 Å². The molecule has 0 aliphatic rings. The number of alkyl halides is 1. The van der Waals surface area contributed by atoms with Gasteiger partial charge in [-0.3, -0.25) is 4.98 Å². The summed E-state index contributed by atoms with van der Waals surface area (Å²) in [6, 6.07) is 3.25. The molecule has 1 rings (SSSR count). The van der Waals surface area contributed by atoms with Crippen molar-refractivity contribution in [3.8, 4) is 0 Å². The second-order valence-electron chi connectivity index (χ2n) is 1.98. The molecule has 0 aliphatic carbocycles. The van der Waals surface area contributed by atoms with E-state index in [1.54, 1.807) is 24.5 Å². The van der Waals surface area contributed by atoms with Gasteiger partial charge in [0, 0.05) is 18.9 Å². The third-order valence-corrected chi connectivity index (χ3v) is 1.27. The van der Waals surface area contributed by atoms with Gasteiger partial charge in [0.2, 0.25) is 0 Å². The van der Waals surface area contributed by atoms with Crippen LogP contribution in [0.25, 0.3) is 0 Å². The van der Waals surface area contributed by atoms with Crippen molar-refractivity contribution in [3.05, 3.63) is 30.1 Å². The highest BCUT2D eigenvalue weighted by Crippen LogP contribution is 2.13. The van der Waals surface area contributed by atoms with Gasteiger partial charge in [0.15, 0.2) is 0 Å². The number of nitrogens with zero attached hydrogens (tertiary/aromatic N) is 1. The molecular formula is C7H9FN2. The van der Waals surface area contributed by atoms with Crippen LogP contribution in [0.1, 0.15) is 11.7 Å². The summed E-state index contributed by atoms with van der Waals surface area (Å²) in [6.07, 6.45) is 2.05. The van der Waals surface area contributed by atoms with Crippen LogP contribution in [0.15, 0.2) is 24.5 Å². The average Bonchev–Trinajstić information content (AvgIpc) is 2.05. The molecule has 54 valence electrons. The molecule has 0 fully saturated rings. The summed E-state index contributed by atoms with van der Waals surface area (Å²) in [5.74, 6) is 0. The van der Waals surface area contributed by atoms with Crippen molar-refractivity contribution in [1.82, 2.24) is 4.98 Å². The first-order valence-electron chi connectivity index (χ1n) is 3.08. The van der Waals surface area contributed by atoms with Crippen LogP contribution in [-0.4, -0.2) is 11.5 Å². The van der Waals surface area contributed by atoms with Crippen molar-refractivity contribution in [2.45, 2.75) is 6.17 Å². The van der Waals surface area contributed by atoms with Crippen LogP contribution in [0, 0.1) is 0 Å². The topological polar surface area (TPSA) is 38.9 Å². The normalized spacial score (nSPS) is 13.0. The molecule has 0 saturated carbocycles. The molecule has 1 aromatic heterocycles. The highest BCUT2D eigenvalue weighted by Gasteiger charge is 2.04. The Morgan fingerprint density at radius 3 is 2.60 bits per heavy atom. The van der Waals surface area contributed by atoms with E-state index in [1.807, 2.05) is 0 Å². The fourth-order valence-corrected chi connectivity index (χ4v) is 0.708. The van der Waals surface area contributed by atoms with Crippen LogP contribution in [0.5, 0.6) is 0 Å². The fraction of sp³-hybridized carbons (Fsp3) is 0.286. The fourth-order valence-electron chi connectivity index (χ4n) is 0.708. The molecule has 0 aliphatic heterocycles. The molecule has 0 spiro atoms. The predicted octanol–water partition coefficient (Wildman–Crippen LogP) is 1.05. The summed E-state index contributed by atoms with van der Waals surface area (Å²) < 4.78 is 12.7. The molecule has 0 radical (unpaired) electrons. The summed E-state index contributed by atoms with van der Waals surface area (Å²) in [7, 11) is 0. The molecule has 0 bridgehead atoms. The first-order chi connectivity index (χ1) is 4.84. The molecule has 0 saturated heterocycles. The maximum atomic E-state index is 12.7. The Hall–Kier alpha value is -0.960. The number of aromatic nitrogens is 1. The molecule has 2 N–H and O–H groups in total. The molecule has 1 aromatic rings. The van der Waals surface area contributed by atoms with Crippen molar-refractivity contribution >= 4 is 0 Å². The van der Waals surface area contributed by atoms with Crippen molar-refractivity contribution in [1.29, 1.82) is 0 Å². The molecular weight excluding hydrogens is 131 g/mol. The zero-order valence-electron chi connectivity index (χ0n) is 5.50. The Balaban J connectivity index is 2.75. The Morgan fingerprint density at radius 2 is 2.10 bits per heavy atom. The first kappa shape index (κ1) is 7.15. The third-order valence-electron chi connectivity index (χ3n) is 1.27. The predicted molar refractivity (Wildman–Crippen MR) is 37.1 cm³/mol. The second kappa shape index (κ2) is 3.27.